The van der Waals surface area contributed by atoms with Crippen LogP contribution in [0, 0.1) is 0 Å². The molecule has 0 aliphatic carbocycles. The number of nitrogens with one attached hydrogen (secondary N) is 1. The molecule has 21 heavy (non-hydrogen) atoms. The third-order valence-electron chi connectivity index (χ3n) is 3.04. The van der Waals surface area contributed by atoms with E-state index in [-0.39, 0.29) is 12.4 Å². The van der Waals surface area contributed by atoms with E-state index < -0.39 is 10.0 Å². The zero-order chi connectivity index (χ0) is 15.1. The van der Waals surface area contributed by atoms with Crippen molar-refractivity contribution in [2.24, 2.45) is 0 Å². The van der Waals surface area contributed by atoms with E-state index in [1.165, 1.54) is 0 Å². The highest BCUT2D eigenvalue weighted by molar-refractivity contribution is 7.92. The molecule has 0 saturated heterocycles. The highest BCUT2D eigenvalue weighted by Crippen LogP contribution is 2.12. The summed E-state index contributed by atoms with van der Waals surface area (Å²) >= 11 is 0. The summed E-state index contributed by atoms with van der Waals surface area (Å²) in [6.07, 6.45) is 4.31. The number of anilines is 1. The van der Waals surface area contributed by atoms with Crippen molar-refractivity contribution < 1.29 is 13.5 Å². The average Bonchev–Trinajstić information content (AvgIpc) is 2.48. The second-order valence-electron chi connectivity index (χ2n) is 4.70. The molecular weight excluding hydrogens is 288 g/mol. The third kappa shape index (κ3) is 5.17. The van der Waals surface area contributed by atoms with Crippen molar-refractivity contribution in [1.82, 2.24) is 4.98 Å². The van der Waals surface area contributed by atoms with Gasteiger partial charge in [0.2, 0.25) is 10.0 Å². The minimum absolute atomic E-state index is 0.0232. The number of aromatic nitrogens is 1. The molecule has 1 aromatic carbocycles. The molecule has 0 fully saturated rings. The monoisotopic (exact) mass is 306 g/mol. The number of aliphatic hydroxyl groups excluding tert-OH is 1. The Hall–Kier alpha value is -1.92. The van der Waals surface area contributed by atoms with E-state index in [4.69, 9.17) is 5.11 Å². The van der Waals surface area contributed by atoms with Gasteiger partial charge in [0.05, 0.1) is 5.75 Å². The minimum Gasteiger partial charge on any atom is -0.396 e. The Morgan fingerprint density at radius 1 is 0.952 bits per heavy atom. The Balaban J connectivity index is 1.94. The van der Waals surface area contributed by atoms with Crippen LogP contribution in [0.3, 0.4) is 0 Å². The number of aryl methyl sites for hydroxylation is 1. The largest absolute Gasteiger partial charge is 0.396 e. The lowest BCUT2D eigenvalue weighted by molar-refractivity contribution is 0.299. The van der Waals surface area contributed by atoms with E-state index in [1.54, 1.807) is 48.8 Å². The molecule has 0 spiro atoms. The SMILES string of the molecule is O=S(=O)(CCc1ccncc1)Nc1ccc(CCO)cc1. The van der Waals surface area contributed by atoms with Gasteiger partial charge in [0.25, 0.3) is 0 Å². The van der Waals surface area contributed by atoms with Gasteiger partial charge in [-0.15, -0.1) is 0 Å². The summed E-state index contributed by atoms with van der Waals surface area (Å²) in [5.74, 6) is 0.0232. The summed E-state index contributed by atoms with van der Waals surface area (Å²) in [5, 5.41) is 8.84. The number of sulfonamides is 1. The van der Waals surface area contributed by atoms with Crippen LogP contribution < -0.4 is 4.72 Å². The zero-order valence-electron chi connectivity index (χ0n) is 11.6. The van der Waals surface area contributed by atoms with E-state index in [0.29, 0.717) is 18.5 Å². The topological polar surface area (TPSA) is 79.3 Å². The standard InChI is InChI=1S/C15H18N2O3S/c18-11-7-13-1-3-15(4-2-13)17-21(19,20)12-8-14-5-9-16-10-6-14/h1-6,9-10,17-18H,7-8,11-12H2. The first-order valence-electron chi connectivity index (χ1n) is 6.68. The van der Waals surface area contributed by atoms with Crippen LogP contribution in [0.2, 0.25) is 0 Å². The number of benzene rings is 1. The van der Waals surface area contributed by atoms with Crippen LogP contribution in [0.4, 0.5) is 5.69 Å². The summed E-state index contributed by atoms with van der Waals surface area (Å²) in [5.41, 5.74) is 2.44. The van der Waals surface area contributed by atoms with E-state index in [0.717, 1.165) is 11.1 Å². The van der Waals surface area contributed by atoms with Crippen molar-refractivity contribution in [2.75, 3.05) is 17.1 Å². The Morgan fingerprint density at radius 3 is 2.19 bits per heavy atom. The van der Waals surface area contributed by atoms with Crippen molar-refractivity contribution in [2.45, 2.75) is 12.8 Å². The fraction of sp³-hybridized carbons (Fsp3) is 0.267. The molecule has 5 nitrogen and oxygen atoms in total. The second-order valence-corrected chi connectivity index (χ2v) is 6.54. The van der Waals surface area contributed by atoms with Crippen LogP contribution in [-0.4, -0.2) is 30.9 Å². The molecule has 0 radical (unpaired) electrons. The summed E-state index contributed by atoms with van der Waals surface area (Å²) in [6, 6.07) is 10.6. The maximum absolute atomic E-state index is 12.0. The van der Waals surface area contributed by atoms with Crippen LogP contribution in [0.25, 0.3) is 0 Å². The molecule has 0 saturated carbocycles. The molecule has 2 aromatic rings. The van der Waals surface area contributed by atoms with Gasteiger partial charge < -0.3 is 5.11 Å². The molecule has 0 atom stereocenters. The number of hydrogen-bond donors (Lipinski definition) is 2. The van der Waals surface area contributed by atoms with Crippen LogP contribution in [0.1, 0.15) is 11.1 Å². The molecule has 1 heterocycles. The van der Waals surface area contributed by atoms with Gasteiger partial charge in [0, 0.05) is 24.7 Å². The first-order valence-corrected chi connectivity index (χ1v) is 8.33. The van der Waals surface area contributed by atoms with Gasteiger partial charge in [-0.1, -0.05) is 12.1 Å². The van der Waals surface area contributed by atoms with Gasteiger partial charge in [-0.2, -0.15) is 0 Å². The molecule has 0 bridgehead atoms. The number of aliphatic hydroxyl groups is 1. The highest BCUT2D eigenvalue weighted by Gasteiger charge is 2.10. The van der Waals surface area contributed by atoms with Crippen LogP contribution >= 0.6 is 0 Å². The van der Waals surface area contributed by atoms with Crippen molar-refractivity contribution in [1.29, 1.82) is 0 Å². The Bertz CT molecular complexity index is 655. The molecular formula is C15H18N2O3S. The predicted molar refractivity (Wildman–Crippen MR) is 82.6 cm³/mol. The number of pyridine rings is 1. The lowest BCUT2D eigenvalue weighted by Crippen LogP contribution is -2.18. The lowest BCUT2D eigenvalue weighted by atomic mass is 10.1. The molecule has 0 unspecified atom stereocenters. The first kappa shape index (κ1) is 15.5. The Morgan fingerprint density at radius 2 is 1.57 bits per heavy atom. The maximum atomic E-state index is 12.0. The maximum Gasteiger partial charge on any atom is 0.233 e. The molecule has 2 rings (SSSR count). The van der Waals surface area contributed by atoms with Gasteiger partial charge in [-0.05, 0) is 48.2 Å². The Kier molecular flexibility index (Phi) is 5.30. The van der Waals surface area contributed by atoms with Crippen LogP contribution in [-0.2, 0) is 22.9 Å². The van der Waals surface area contributed by atoms with E-state index >= 15 is 0 Å². The molecule has 6 heteroatoms. The normalized spacial score (nSPS) is 11.3. The fourth-order valence-corrected chi connectivity index (χ4v) is 3.00. The minimum atomic E-state index is -3.38. The second kappa shape index (κ2) is 7.19. The fourth-order valence-electron chi connectivity index (χ4n) is 1.90. The quantitative estimate of drug-likeness (QED) is 0.814. The van der Waals surface area contributed by atoms with Crippen LogP contribution in [0.15, 0.2) is 48.8 Å². The van der Waals surface area contributed by atoms with E-state index in [9.17, 15) is 8.42 Å². The molecule has 1 aromatic heterocycles. The lowest BCUT2D eigenvalue weighted by Gasteiger charge is -2.08. The summed E-state index contributed by atoms with van der Waals surface area (Å²) in [4.78, 5) is 3.90. The molecule has 112 valence electrons. The molecule has 0 aliphatic heterocycles. The number of nitrogens with zero attached hydrogens (tertiary/aromatic N) is 1. The molecule has 0 aliphatic rings. The van der Waals surface area contributed by atoms with Gasteiger partial charge in [0.15, 0.2) is 0 Å². The summed E-state index contributed by atoms with van der Waals surface area (Å²) in [7, 11) is -3.38. The highest BCUT2D eigenvalue weighted by atomic mass is 32.2. The summed E-state index contributed by atoms with van der Waals surface area (Å²) in [6.45, 7) is 0.0804. The first-order chi connectivity index (χ1) is 10.1. The van der Waals surface area contributed by atoms with Gasteiger partial charge in [-0.25, -0.2) is 8.42 Å². The molecule has 0 amide bonds. The van der Waals surface area contributed by atoms with Crippen molar-refractivity contribution >= 4 is 15.7 Å². The third-order valence-corrected chi connectivity index (χ3v) is 4.32. The smallest absolute Gasteiger partial charge is 0.233 e. The van der Waals surface area contributed by atoms with E-state index in [1.807, 2.05) is 0 Å². The van der Waals surface area contributed by atoms with E-state index in [2.05, 4.69) is 9.71 Å². The zero-order valence-corrected chi connectivity index (χ0v) is 12.4. The van der Waals surface area contributed by atoms with Gasteiger partial charge in [0.1, 0.15) is 0 Å². The van der Waals surface area contributed by atoms with Crippen molar-refractivity contribution in [3.05, 3.63) is 59.9 Å². The van der Waals surface area contributed by atoms with Crippen molar-refractivity contribution in [3.63, 3.8) is 0 Å². The van der Waals surface area contributed by atoms with Crippen molar-refractivity contribution in [3.8, 4) is 0 Å². The molecule has 2 N–H and O–H groups in total. The summed E-state index contributed by atoms with van der Waals surface area (Å²) < 4.78 is 26.6. The van der Waals surface area contributed by atoms with Crippen LogP contribution in [0.5, 0.6) is 0 Å². The number of rotatable bonds is 7. The average molecular weight is 306 g/mol. The predicted octanol–water partition coefficient (Wildman–Crippen LogP) is 1.60. The Labute approximate surface area is 124 Å². The van der Waals surface area contributed by atoms with Gasteiger partial charge in [-0.3, -0.25) is 9.71 Å². The number of hydrogen-bond acceptors (Lipinski definition) is 4. The van der Waals surface area contributed by atoms with Gasteiger partial charge >= 0.3 is 0 Å².